The van der Waals surface area contributed by atoms with Crippen LogP contribution in [0.5, 0.6) is 0 Å². The molecule has 7 nitrogen and oxygen atoms in total. The van der Waals surface area contributed by atoms with Crippen LogP contribution in [0.2, 0.25) is 5.02 Å². The van der Waals surface area contributed by atoms with E-state index in [9.17, 15) is 9.59 Å². The van der Waals surface area contributed by atoms with Crippen molar-refractivity contribution in [1.29, 1.82) is 0 Å². The van der Waals surface area contributed by atoms with Gasteiger partial charge in [0.2, 0.25) is 0 Å². The molecule has 39 heavy (non-hydrogen) atoms. The molecule has 0 bridgehead atoms. The van der Waals surface area contributed by atoms with Crippen molar-refractivity contribution in [3.63, 3.8) is 0 Å². The molecule has 1 amide bonds. The van der Waals surface area contributed by atoms with Crippen LogP contribution >= 0.6 is 23.4 Å². The fraction of sp³-hybridized carbons (Fsp3) is 0.233. The zero-order chi connectivity index (χ0) is 27.6. The van der Waals surface area contributed by atoms with E-state index in [1.165, 1.54) is 7.11 Å². The van der Waals surface area contributed by atoms with E-state index in [0.29, 0.717) is 30.1 Å². The van der Waals surface area contributed by atoms with Crippen molar-refractivity contribution >= 4 is 40.9 Å². The fourth-order valence-corrected chi connectivity index (χ4v) is 4.79. The number of amides is 1. The number of ether oxygens (including phenoxy) is 1. The molecular formula is C30H31ClN4O3S. The highest BCUT2D eigenvalue weighted by Crippen LogP contribution is 2.28. The maximum Gasteiger partial charge on any atom is 0.328 e. The largest absolute Gasteiger partial charge is 0.467 e. The Bertz CT molecular complexity index is 1390. The molecule has 0 aliphatic rings. The second kappa shape index (κ2) is 13.9. The highest BCUT2D eigenvalue weighted by molar-refractivity contribution is 7.98. The molecule has 3 aromatic carbocycles. The fourth-order valence-electron chi connectivity index (χ4n) is 4.19. The van der Waals surface area contributed by atoms with Gasteiger partial charge in [0.25, 0.3) is 5.91 Å². The summed E-state index contributed by atoms with van der Waals surface area (Å²) in [7, 11) is 1.33. The van der Waals surface area contributed by atoms with E-state index in [2.05, 4.69) is 20.2 Å². The van der Waals surface area contributed by atoms with Crippen LogP contribution in [0.3, 0.4) is 0 Å². The molecular weight excluding hydrogens is 532 g/mol. The van der Waals surface area contributed by atoms with Crippen molar-refractivity contribution in [3.05, 3.63) is 107 Å². The molecule has 1 aromatic heterocycles. The van der Waals surface area contributed by atoms with E-state index < -0.39 is 12.0 Å². The van der Waals surface area contributed by atoms with Gasteiger partial charge in [-0.05, 0) is 65.5 Å². The Labute approximate surface area is 237 Å². The molecule has 0 saturated carbocycles. The van der Waals surface area contributed by atoms with Crippen LogP contribution in [0, 0.1) is 0 Å². The molecule has 202 valence electrons. The Hall–Kier alpha value is -3.75. The Morgan fingerprint density at radius 3 is 2.56 bits per heavy atom. The van der Waals surface area contributed by atoms with Gasteiger partial charge in [-0.1, -0.05) is 54.1 Å². The summed E-state index contributed by atoms with van der Waals surface area (Å²) in [6.07, 6.45) is 6.09. The average molecular weight is 563 g/mol. The summed E-state index contributed by atoms with van der Waals surface area (Å²) in [5.41, 5.74) is 5.15. The number of aromatic nitrogens is 2. The van der Waals surface area contributed by atoms with Crippen LogP contribution in [0.25, 0.3) is 11.1 Å². The summed E-state index contributed by atoms with van der Waals surface area (Å²) in [5, 5.41) is 7.04. The van der Waals surface area contributed by atoms with E-state index in [1.54, 1.807) is 17.8 Å². The normalized spacial score (nSPS) is 11.6. The Morgan fingerprint density at radius 1 is 1.08 bits per heavy atom. The van der Waals surface area contributed by atoms with Gasteiger partial charge >= 0.3 is 5.97 Å². The highest BCUT2D eigenvalue weighted by Gasteiger charge is 2.23. The monoisotopic (exact) mass is 562 g/mol. The first-order chi connectivity index (χ1) is 19.0. The Kier molecular flexibility index (Phi) is 10.1. The lowest BCUT2D eigenvalue weighted by molar-refractivity contribution is -0.142. The minimum atomic E-state index is -0.711. The number of halogens is 1. The summed E-state index contributed by atoms with van der Waals surface area (Å²) in [6.45, 7) is 1.23. The zero-order valence-corrected chi connectivity index (χ0v) is 23.5. The first kappa shape index (κ1) is 28.3. The molecule has 0 aliphatic heterocycles. The summed E-state index contributed by atoms with van der Waals surface area (Å²) in [5.74, 6) is -0.0478. The SMILES string of the molecule is COC(=O)[C@H](CCSC)NC(=O)c1ccc(NCc2cncn2Cc2ccc(Cl)cc2)cc1-c1ccccc1. The van der Waals surface area contributed by atoms with Crippen molar-refractivity contribution in [2.45, 2.75) is 25.6 Å². The molecule has 0 saturated heterocycles. The number of imidazole rings is 1. The number of methoxy groups -OCH3 is 1. The Balaban J connectivity index is 1.54. The molecule has 1 atom stereocenters. The second-order valence-electron chi connectivity index (χ2n) is 8.95. The number of esters is 1. The predicted octanol–water partition coefficient (Wildman–Crippen LogP) is 5.89. The number of carbonyl (C=O) groups excluding carboxylic acids is 2. The molecule has 0 aliphatic carbocycles. The summed E-state index contributed by atoms with van der Waals surface area (Å²) >= 11 is 7.63. The molecule has 0 fully saturated rings. The summed E-state index contributed by atoms with van der Waals surface area (Å²) in [6, 6.07) is 22.4. The van der Waals surface area contributed by atoms with E-state index in [0.717, 1.165) is 33.8 Å². The quantitative estimate of drug-likeness (QED) is 0.209. The first-order valence-electron chi connectivity index (χ1n) is 12.5. The topological polar surface area (TPSA) is 85.2 Å². The summed E-state index contributed by atoms with van der Waals surface area (Å²) < 4.78 is 6.99. The van der Waals surface area contributed by atoms with E-state index in [4.69, 9.17) is 16.3 Å². The van der Waals surface area contributed by atoms with Crippen molar-refractivity contribution in [3.8, 4) is 11.1 Å². The number of hydrogen-bond donors (Lipinski definition) is 2. The predicted molar refractivity (Wildman–Crippen MR) is 158 cm³/mol. The molecule has 9 heteroatoms. The van der Waals surface area contributed by atoms with Crippen molar-refractivity contribution in [1.82, 2.24) is 14.9 Å². The lowest BCUT2D eigenvalue weighted by atomic mass is 9.98. The lowest BCUT2D eigenvalue weighted by Crippen LogP contribution is -2.42. The third-order valence-electron chi connectivity index (χ3n) is 6.29. The van der Waals surface area contributed by atoms with Gasteiger partial charge in [-0.25, -0.2) is 9.78 Å². The molecule has 4 rings (SSSR count). The summed E-state index contributed by atoms with van der Waals surface area (Å²) in [4.78, 5) is 30.0. The number of anilines is 1. The smallest absolute Gasteiger partial charge is 0.328 e. The van der Waals surface area contributed by atoms with Gasteiger partial charge < -0.3 is 19.9 Å². The van der Waals surface area contributed by atoms with Crippen molar-refractivity contribution in [2.24, 2.45) is 0 Å². The van der Waals surface area contributed by atoms with Crippen LogP contribution < -0.4 is 10.6 Å². The van der Waals surface area contributed by atoms with Gasteiger partial charge in [0.1, 0.15) is 6.04 Å². The van der Waals surface area contributed by atoms with E-state index in [-0.39, 0.29) is 5.91 Å². The van der Waals surface area contributed by atoms with Gasteiger partial charge in [-0.15, -0.1) is 0 Å². The standard InChI is InChI=1S/C30H31ClN4O3S/c1-38-30(37)28(14-15-39-2)34-29(36)26-13-12-24(16-27(26)22-6-4-3-5-7-22)33-18-25-17-32-20-35(25)19-21-8-10-23(31)11-9-21/h3-13,16-17,20,28,33H,14-15,18-19H2,1-2H3,(H,34,36)/t28-/m0/s1. The number of benzene rings is 3. The molecule has 1 heterocycles. The minimum absolute atomic E-state index is 0.321. The van der Waals surface area contributed by atoms with E-state index >= 15 is 0 Å². The van der Waals surface area contributed by atoms with Gasteiger partial charge in [0, 0.05) is 29.0 Å². The molecule has 0 spiro atoms. The van der Waals surface area contributed by atoms with Crippen LogP contribution in [0.1, 0.15) is 28.0 Å². The van der Waals surface area contributed by atoms with Gasteiger partial charge in [0.15, 0.2) is 0 Å². The van der Waals surface area contributed by atoms with Gasteiger partial charge in [-0.3, -0.25) is 4.79 Å². The lowest BCUT2D eigenvalue weighted by Gasteiger charge is -2.18. The van der Waals surface area contributed by atoms with Crippen LogP contribution in [0.15, 0.2) is 85.3 Å². The number of nitrogens with one attached hydrogen (secondary N) is 2. The van der Waals surface area contributed by atoms with Gasteiger partial charge in [-0.2, -0.15) is 11.8 Å². The number of carbonyl (C=O) groups is 2. The minimum Gasteiger partial charge on any atom is -0.467 e. The molecule has 4 aromatic rings. The highest BCUT2D eigenvalue weighted by atomic mass is 35.5. The average Bonchev–Trinajstić information content (AvgIpc) is 3.41. The van der Waals surface area contributed by atoms with Crippen LogP contribution in [-0.2, 0) is 22.6 Å². The van der Waals surface area contributed by atoms with Crippen molar-refractivity contribution < 1.29 is 14.3 Å². The van der Waals surface area contributed by atoms with E-state index in [1.807, 2.05) is 85.5 Å². The maximum absolute atomic E-state index is 13.4. The third-order valence-corrected chi connectivity index (χ3v) is 7.18. The number of thioether (sulfide) groups is 1. The Morgan fingerprint density at radius 2 is 1.85 bits per heavy atom. The zero-order valence-electron chi connectivity index (χ0n) is 21.9. The maximum atomic E-state index is 13.4. The van der Waals surface area contributed by atoms with Crippen LogP contribution in [-0.4, -0.2) is 46.6 Å². The number of hydrogen-bond acceptors (Lipinski definition) is 6. The molecule has 0 unspecified atom stereocenters. The number of nitrogens with zero attached hydrogens (tertiary/aromatic N) is 2. The van der Waals surface area contributed by atoms with Gasteiger partial charge in [0.05, 0.1) is 25.7 Å². The van der Waals surface area contributed by atoms with Crippen molar-refractivity contribution in [2.75, 3.05) is 24.4 Å². The van der Waals surface area contributed by atoms with Crippen LogP contribution in [0.4, 0.5) is 5.69 Å². The second-order valence-corrected chi connectivity index (χ2v) is 10.4. The first-order valence-corrected chi connectivity index (χ1v) is 14.3. The third kappa shape index (κ3) is 7.65. The molecule has 0 radical (unpaired) electrons. The molecule has 2 N–H and O–H groups in total. The number of rotatable bonds is 12.